The molecule has 0 aliphatic heterocycles. The molecule has 5 heteroatoms. The van der Waals surface area contributed by atoms with Crippen molar-refractivity contribution in [1.29, 1.82) is 0 Å². The van der Waals surface area contributed by atoms with Gasteiger partial charge in [0.05, 0.1) is 24.0 Å². The van der Waals surface area contributed by atoms with Crippen LogP contribution in [0.5, 0.6) is 0 Å². The van der Waals surface area contributed by atoms with Crippen molar-refractivity contribution in [2.75, 3.05) is 7.11 Å². The first-order valence-corrected chi connectivity index (χ1v) is 8.32. The van der Waals surface area contributed by atoms with Gasteiger partial charge >= 0.3 is 5.97 Å². The van der Waals surface area contributed by atoms with Crippen molar-refractivity contribution in [3.05, 3.63) is 0 Å². The number of rotatable bonds is 5. The SMILES string of the molecule is CCC1CCCC(S(=O)(=O)C(C)CC(=O)OC)C1. The Hall–Kier alpha value is -0.580. The monoisotopic (exact) mass is 276 g/mol. The molecule has 106 valence electrons. The van der Waals surface area contributed by atoms with Crippen LogP contribution in [0.4, 0.5) is 0 Å². The first-order chi connectivity index (χ1) is 8.41. The number of hydrogen-bond acceptors (Lipinski definition) is 4. The number of esters is 1. The number of carbonyl (C=O) groups is 1. The summed E-state index contributed by atoms with van der Waals surface area (Å²) < 4.78 is 29.3. The molecule has 1 aliphatic rings. The molecule has 18 heavy (non-hydrogen) atoms. The van der Waals surface area contributed by atoms with Crippen LogP contribution in [0.3, 0.4) is 0 Å². The molecule has 1 fully saturated rings. The molecule has 0 N–H and O–H groups in total. The fraction of sp³-hybridized carbons (Fsp3) is 0.923. The maximum absolute atomic E-state index is 12.4. The number of ether oxygens (including phenoxy) is 1. The zero-order chi connectivity index (χ0) is 13.8. The summed E-state index contributed by atoms with van der Waals surface area (Å²) >= 11 is 0. The summed E-state index contributed by atoms with van der Waals surface area (Å²) in [6.45, 7) is 3.72. The Bertz CT molecular complexity index is 374. The second-order valence-electron chi connectivity index (χ2n) is 5.24. The van der Waals surface area contributed by atoms with Gasteiger partial charge in [-0.1, -0.05) is 26.2 Å². The lowest BCUT2D eigenvalue weighted by Gasteiger charge is -2.30. The molecule has 1 aliphatic carbocycles. The summed E-state index contributed by atoms with van der Waals surface area (Å²) in [5.74, 6) is 0.0674. The Morgan fingerprint density at radius 1 is 1.39 bits per heavy atom. The highest BCUT2D eigenvalue weighted by Gasteiger charge is 2.35. The lowest BCUT2D eigenvalue weighted by molar-refractivity contribution is -0.140. The van der Waals surface area contributed by atoms with Crippen molar-refractivity contribution in [1.82, 2.24) is 0 Å². The average Bonchev–Trinajstić information content (AvgIpc) is 2.38. The topological polar surface area (TPSA) is 60.4 Å². The van der Waals surface area contributed by atoms with Crippen LogP contribution in [0.2, 0.25) is 0 Å². The van der Waals surface area contributed by atoms with E-state index in [1.807, 2.05) is 0 Å². The molecule has 4 nitrogen and oxygen atoms in total. The molecular formula is C13H24O4S. The van der Waals surface area contributed by atoms with Crippen LogP contribution in [0.1, 0.15) is 52.4 Å². The molecule has 3 unspecified atom stereocenters. The van der Waals surface area contributed by atoms with Crippen LogP contribution in [-0.2, 0) is 19.4 Å². The van der Waals surface area contributed by atoms with Crippen LogP contribution < -0.4 is 0 Å². The third-order valence-electron chi connectivity index (χ3n) is 4.02. The molecule has 0 amide bonds. The second-order valence-corrected chi connectivity index (χ2v) is 7.89. The quantitative estimate of drug-likeness (QED) is 0.723. The van der Waals surface area contributed by atoms with Gasteiger partial charge in [0, 0.05) is 0 Å². The Morgan fingerprint density at radius 3 is 2.61 bits per heavy atom. The maximum atomic E-state index is 12.4. The Kier molecular flexibility index (Phi) is 5.63. The molecule has 0 radical (unpaired) electrons. The number of methoxy groups -OCH3 is 1. The van der Waals surface area contributed by atoms with E-state index in [1.165, 1.54) is 7.11 Å². The molecule has 0 aromatic carbocycles. The van der Waals surface area contributed by atoms with Crippen molar-refractivity contribution in [3.8, 4) is 0 Å². The van der Waals surface area contributed by atoms with E-state index in [9.17, 15) is 13.2 Å². The number of carbonyl (C=O) groups excluding carboxylic acids is 1. The minimum atomic E-state index is -3.21. The van der Waals surface area contributed by atoms with Gasteiger partial charge in [-0.2, -0.15) is 0 Å². The molecule has 0 spiro atoms. The van der Waals surface area contributed by atoms with Crippen LogP contribution in [-0.4, -0.2) is 32.0 Å². The zero-order valence-corrected chi connectivity index (χ0v) is 12.3. The van der Waals surface area contributed by atoms with Crippen molar-refractivity contribution in [3.63, 3.8) is 0 Å². The lowest BCUT2D eigenvalue weighted by Crippen LogP contribution is -2.35. The van der Waals surface area contributed by atoms with E-state index >= 15 is 0 Å². The third kappa shape index (κ3) is 3.70. The molecule has 0 bridgehead atoms. The molecule has 0 aromatic heterocycles. The first kappa shape index (κ1) is 15.5. The fourth-order valence-corrected chi connectivity index (χ4v) is 4.73. The third-order valence-corrected chi connectivity index (χ3v) is 6.67. The van der Waals surface area contributed by atoms with Gasteiger partial charge in [0.25, 0.3) is 0 Å². The normalized spacial score (nSPS) is 26.6. The van der Waals surface area contributed by atoms with Gasteiger partial charge in [0.15, 0.2) is 9.84 Å². The first-order valence-electron chi connectivity index (χ1n) is 6.71. The highest BCUT2D eigenvalue weighted by atomic mass is 32.2. The van der Waals surface area contributed by atoms with Gasteiger partial charge in [0.1, 0.15) is 0 Å². The van der Waals surface area contributed by atoms with Crippen molar-refractivity contribution < 1.29 is 17.9 Å². The number of sulfone groups is 1. The number of hydrogen-bond donors (Lipinski definition) is 0. The van der Waals surface area contributed by atoms with Crippen molar-refractivity contribution >= 4 is 15.8 Å². The van der Waals surface area contributed by atoms with E-state index in [-0.39, 0.29) is 11.7 Å². The minimum Gasteiger partial charge on any atom is -0.469 e. The standard InChI is InChI=1S/C13H24O4S/c1-4-11-6-5-7-12(9-11)18(15,16)10(2)8-13(14)17-3/h10-12H,4-9H2,1-3H3. The molecule has 1 rings (SSSR count). The highest BCUT2D eigenvalue weighted by molar-refractivity contribution is 7.92. The summed E-state index contributed by atoms with van der Waals surface area (Å²) in [5.41, 5.74) is 0. The molecule has 0 aromatic rings. The molecule has 1 saturated carbocycles. The summed E-state index contributed by atoms with van der Waals surface area (Å²) in [7, 11) is -1.92. The zero-order valence-electron chi connectivity index (χ0n) is 11.5. The Balaban J connectivity index is 2.70. The van der Waals surface area contributed by atoms with E-state index < -0.39 is 21.1 Å². The smallest absolute Gasteiger partial charge is 0.306 e. The van der Waals surface area contributed by atoms with Crippen LogP contribution >= 0.6 is 0 Å². The van der Waals surface area contributed by atoms with Crippen LogP contribution in [0.25, 0.3) is 0 Å². The fourth-order valence-electron chi connectivity index (χ4n) is 2.67. The molecule has 0 heterocycles. The molecule has 3 atom stereocenters. The predicted octanol–water partition coefficient (Wildman–Crippen LogP) is 2.32. The molecule has 0 saturated heterocycles. The van der Waals surface area contributed by atoms with Crippen LogP contribution in [0.15, 0.2) is 0 Å². The largest absolute Gasteiger partial charge is 0.469 e. The van der Waals surface area contributed by atoms with Gasteiger partial charge in [-0.25, -0.2) is 8.42 Å². The minimum absolute atomic E-state index is 0.0356. The summed E-state index contributed by atoms with van der Waals surface area (Å²) in [6.07, 6.45) is 4.61. The highest BCUT2D eigenvalue weighted by Crippen LogP contribution is 2.32. The van der Waals surface area contributed by atoms with E-state index in [0.717, 1.165) is 32.1 Å². The Labute approximate surface area is 110 Å². The van der Waals surface area contributed by atoms with Crippen molar-refractivity contribution in [2.45, 2.75) is 62.9 Å². The van der Waals surface area contributed by atoms with Gasteiger partial charge in [0.2, 0.25) is 0 Å². The average molecular weight is 276 g/mol. The van der Waals surface area contributed by atoms with Gasteiger partial charge in [-0.05, 0) is 25.7 Å². The lowest BCUT2D eigenvalue weighted by atomic mass is 9.87. The Morgan fingerprint density at radius 2 is 2.06 bits per heavy atom. The van der Waals surface area contributed by atoms with E-state index in [4.69, 9.17) is 0 Å². The van der Waals surface area contributed by atoms with Crippen LogP contribution in [0, 0.1) is 5.92 Å². The van der Waals surface area contributed by atoms with Gasteiger partial charge < -0.3 is 4.74 Å². The summed E-state index contributed by atoms with van der Waals surface area (Å²) in [6, 6.07) is 0. The maximum Gasteiger partial charge on any atom is 0.306 e. The van der Waals surface area contributed by atoms with Gasteiger partial charge in [-0.15, -0.1) is 0 Å². The van der Waals surface area contributed by atoms with E-state index in [0.29, 0.717) is 5.92 Å². The van der Waals surface area contributed by atoms with E-state index in [1.54, 1.807) is 6.92 Å². The van der Waals surface area contributed by atoms with Crippen molar-refractivity contribution in [2.24, 2.45) is 5.92 Å². The second kappa shape index (κ2) is 6.55. The summed E-state index contributed by atoms with van der Waals surface area (Å²) in [5, 5.41) is -0.901. The summed E-state index contributed by atoms with van der Waals surface area (Å²) in [4.78, 5) is 11.2. The predicted molar refractivity (Wildman–Crippen MR) is 71.1 cm³/mol. The van der Waals surface area contributed by atoms with E-state index in [2.05, 4.69) is 11.7 Å². The van der Waals surface area contributed by atoms with Gasteiger partial charge in [-0.3, -0.25) is 4.79 Å². The molecular weight excluding hydrogens is 252 g/mol.